The highest BCUT2D eigenvalue weighted by molar-refractivity contribution is 5.88. The van der Waals surface area contributed by atoms with Crippen LogP contribution in [-0.2, 0) is 16.0 Å². The van der Waals surface area contributed by atoms with Crippen molar-refractivity contribution in [3.63, 3.8) is 0 Å². The second kappa shape index (κ2) is 14.8. The minimum Gasteiger partial charge on any atom is -0.444 e. The van der Waals surface area contributed by atoms with Gasteiger partial charge in [-0.3, -0.25) is 15.0 Å². The van der Waals surface area contributed by atoms with Crippen molar-refractivity contribution in [3.8, 4) is 0 Å². The molecule has 1 aliphatic heterocycles. The summed E-state index contributed by atoms with van der Waals surface area (Å²) in [6, 6.07) is 7.09. The van der Waals surface area contributed by atoms with Crippen LogP contribution in [0, 0.1) is 15.5 Å². The molecule has 50 heavy (non-hydrogen) atoms. The lowest BCUT2D eigenvalue weighted by atomic mass is 9.75. The number of alkyl halides is 1. The van der Waals surface area contributed by atoms with Crippen molar-refractivity contribution in [1.82, 2.24) is 19.5 Å². The van der Waals surface area contributed by atoms with Crippen LogP contribution in [0.3, 0.4) is 0 Å². The Morgan fingerprint density at radius 3 is 2.40 bits per heavy atom. The van der Waals surface area contributed by atoms with Crippen LogP contribution in [0.25, 0.3) is 5.65 Å². The van der Waals surface area contributed by atoms with E-state index in [-0.39, 0.29) is 18.2 Å². The van der Waals surface area contributed by atoms with Crippen molar-refractivity contribution in [3.05, 3.63) is 57.8 Å². The number of hydrogen-bond acceptors (Lipinski definition) is 9. The Hall–Kier alpha value is -4.49. The number of nitrogens with one attached hydrogen (secondary N) is 1. The van der Waals surface area contributed by atoms with E-state index in [1.54, 1.807) is 70.5 Å². The lowest BCUT2D eigenvalue weighted by molar-refractivity contribution is -0.384. The highest BCUT2D eigenvalue weighted by Gasteiger charge is 2.45. The number of nitrogens with zero attached hydrogens (tertiary/aromatic N) is 6. The predicted molar refractivity (Wildman–Crippen MR) is 190 cm³/mol. The van der Waals surface area contributed by atoms with Gasteiger partial charge in [0, 0.05) is 36.9 Å². The fraction of sp³-hybridized carbons (Fsp3) is 0.611. The van der Waals surface area contributed by atoms with Crippen molar-refractivity contribution in [2.24, 2.45) is 5.41 Å². The summed E-state index contributed by atoms with van der Waals surface area (Å²) in [5, 5.41) is 19.5. The zero-order chi connectivity index (χ0) is 37.2. The minimum atomic E-state index is -1.20. The predicted octanol–water partition coefficient (Wildman–Crippen LogP) is 8.27. The number of carbonyl (C=O) groups excluding carboxylic acids is 2. The number of piperidine rings is 1. The molecule has 274 valence electrons. The molecule has 1 saturated heterocycles. The summed E-state index contributed by atoms with van der Waals surface area (Å²) < 4.78 is 28.6. The standard InChI is InChI=1S/C36H52FN7O6/c1-23(2)26-21-39-43-29(42(33(46)50-35(6,7)8)22-24-13-11-14-25(19-24)44(47)48)20-28(40-31(26)43)38-17-16-36(9,10)30-27(37)15-12-18-41(30)32(45)49-34(3,4)5/h11,13-14,19-21,23,27,30H,12,15-18,22H2,1-10H3,(H,38,40). The number of nitro benzene ring substituents is 1. The first-order valence-corrected chi connectivity index (χ1v) is 17.2. The third-order valence-corrected chi connectivity index (χ3v) is 8.52. The number of nitro groups is 1. The van der Waals surface area contributed by atoms with Gasteiger partial charge in [-0.1, -0.05) is 39.8 Å². The fourth-order valence-corrected chi connectivity index (χ4v) is 6.21. The van der Waals surface area contributed by atoms with Gasteiger partial charge in [-0.2, -0.15) is 9.61 Å². The second-order valence-electron chi connectivity index (χ2n) is 15.9. The van der Waals surface area contributed by atoms with Crippen LogP contribution in [0.4, 0.5) is 31.3 Å². The Labute approximate surface area is 293 Å². The van der Waals surface area contributed by atoms with Crippen molar-refractivity contribution < 1.29 is 28.4 Å². The molecule has 1 fully saturated rings. The third-order valence-electron chi connectivity index (χ3n) is 8.52. The van der Waals surface area contributed by atoms with Crippen molar-refractivity contribution in [1.29, 1.82) is 0 Å². The zero-order valence-corrected chi connectivity index (χ0v) is 30.9. The lowest BCUT2D eigenvalue weighted by Crippen LogP contribution is -2.57. The number of anilines is 2. The average Bonchev–Trinajstić information content (AvgIpc) is 3.42. The molecule has 1 aromatic carbocycles. The normalized spacial score (nSPS) is 17.2. The smallest absolute Gasteiger partial charge is 0.416 e. The van der Waals surface area contributed by atoms with Crippen LogP contribution in [-0.4, -0.2) is 73.1 Å². The van der Waals surface area contributed by atoms with E-state index in [1.807, 2.05) is 27.7 Å². The first kappa shape index (κ1) is 38.3. The lowest BCUT2D eigenvalue weighted by Gasteiger charge is -2.46. The number of non-ortho nitro benzene ring substituents is 1. The number of rotatable bonds is 10. The number of ether oxygens (including phenoxy) is 2. The highest BCUT2D eigenvalue weighted by Crippen LogP contribution is 2.38. The summed E-state index contributed by atoms with van der Waals surface area (Å²) in [5.74, 6) is 0.847. The maximum atomic E-state index is 15.6. The summed E-state index contributed by atoms with van der Waals surface area (Å²) in [4.78, 5) is 45.8. The molecular weight excluding hydrogens is 645 g/mol. The van der Waals surface area contributed by atoms with Gasteiger partial charge in [0.25, 0.3) is 5.69 Å². The molecule has 13 nitrogen and oxygen atoms in total. The Morgan fingerprint density at radius 1 is 1.10 bits per heavy atom. The molecule has 0 saturated carbocycles. The molecule has 14 heteroatoms. The van der Waals surface area contributed by atoms with Gasteiger partial charge in [0.2, 0.25) is 0 Å². The van der Waals surface area contributed by atoms with Crippen LogP contribution in [0.2, 0.25) is 0 Å². The van der Waals surface area contributed by atoms with E-state index >= 15 is 4.39 Å². The summed E-state index contributed by atoms with van der Waals surface area (Å²) in [5.41, 5.74) is -0.374. The van der Waals surface area contributed by atoms with Crippen molar-refractivity contribution in [2.75, 3.05) is 23.3 Å². The van der Waals surface area contributed by atoms with Gasteiger partial charge >= 0.3 is 12.2 Å². The Balaban J connectivity index is 1.69. The van der Waals surface area contributed by atoms with Crippen molar-refractivity contribution >= 4 is 35.2 Å². The van der Waals surface area contributed by atoms with E-state index in [1.165, 1.54) is 21.9 Å². The molecule has 2 amide bonds. The van der Waals surface area contributed by atoms with E-state index in [9.17, 15) is 19.7 Å². The number of halogens is 1. The van der Waals surface area contributed by atoms with Crippen LogP contribution in [0.5, 0.6) is 0 Å². The van der Waals surface area contributed by atoms with Gasteiger partial charge in [0.05, 0.1) is 23.7 Å². The molecule has 2 unspecified atom stereocenters. The molecule has 0 radical (unpaired) electrons. The molecule has 2 aromatic heterocycles. The van der Waals surface area contributed by atoms with Crippen molar-refractivity contribution in [2.45, 2.75) is 124 Å². The molecular formula is C36H52FN7O6. The quantitative estimate of drug-likeness (QED) is 0.163. The third kappa shape index (κ3) is 9.39. The number of carbonyl (C=O) groups is 2. The maximum Gasteiger partial charge on any atom is 0.416 e. The monoisotopic (exact) mass is 697 g/mol. The second-order valence-corrected chi connectivity index (χ2v) is 15.9. The summed E-state index contributed by atoms with van der Waals surface area (Å²) in [7, 11) is 0. The first-order valence-electron chi connectivity index (χ1n) is 17.2. The number of hydrogen-bond donors (Lipinski definition) is 1. The molecule has 0 spiro atoms. The fourth-order valence-electron chi connectivity index (χ4n) is 6.21. The average molecular weight is 698 g/mol. The summed E-state index contributed by atoms with van der Waals surface area (Å²) in [6.07, 6.45) is 0.732. The van der Waals surface area contributed by atoms with Crippen LogP contribution >= 0.6 is 0 Å². The van der Waals surface area contributed by atoms with Gasteiger partial charge in [-0.25, -0.2) is 19.0 Å². The molecule has 3 heterocycles. The van der Waals surface area contributed by atoms with Crippen LogP contribution < -0.4 is 10.2 Å². The van der Waals surface area contributed by atoms with E-state index in [2.05, 4.69) is 10.4 Å². The van der Waals surface area contributed by atoms with Gasteiger partial charge in [-0.15, -0.1) is 0 Å². The minimum absolute atomic E-state index is 0.0425. The SMILES string of the molecule is CC(C)c1cnn2c(N(Cc3cccc([N+](=O)[O-])c3)C(=O)OC(C)(C)C)cc(NCCC(C)(C)C3C(F)CCCN3C(=O)OC(C)(C)C)nc12. The Kier molecular flexibility index (Phi) is 11.3. The number of aromatic nitrogens is 3. The number of likely N-dealkylation sites (tertiary alicyclic amines) is 1. The van der Waals surface area contributed by atoms with Gasteiger partial charge in [-0.05, 0) is 77.7 Å². The zero-order valence-electron chi connectivity index (χ0n) is 30.9. The summed E-state index contributed by atoms with van der Waals surface area (Å²) in [6.45, 7) is 19.4. The van der Waals surface area contributed by atoms with Crippen LogP contribution in [0.1, 0.15) is 106 Å². The molecule has 4 rings (SSSR count). The van der Waals surface area contributed by atoms with E-state index in [4.69, 9.17) is 14.5 Å². The summed E-state index contributed by atoms with van der Waals surface area (Å²) >= 11 is 0. The van der Waals surface area contributed by atoms with Crippen LogP contribution in [0.15, 0.2) is 36.5 Å². The Morgan fingerprint density at radius 2 is 1.78 bits per heavy atom. The highest BCUT2D eigenvalue weighted by atomic mass is 19.1. The Bertz CT molecular complexity index is 1690. The number of amides is 2. The number of benzene rings is 1. The van der Waals surface area contributed by atoms with E-state index in [0.29, 0.717) is 55.2 Å². The van der Waals surface area contributed by atoms with Gasteiger partial charge in [0.1, 0.15) is 29.0 Å². The molecule has 2 atom stereocenters. The number of fused-ring (bicyclic) bond motifs is 1. The topological polar surface area (TPSA) is 144 Å². The molecule has 0 aliphatic carbocycles. The first-order chi connectivity index (χ1) is 23.2. The maximum absolute atomic E-state index is 15.6. The molecule has 1 aliphatic rings. The van der Waals surface area contributed by atoms with Gasteiger partial charge in [0.15, 0.2) is 5.65 Å². The largest absolute Gasteiger partial charge is 0.444 e. The molecule has 1 N–H and O–H groups in total. The van der Waals surface area contributed by atoms with Gasteiger partial charge < -0.3 is 19.7 Å². The molecule has 3 aromatic rings. The van der Waals surface area contributed by atoms with E-state index < -0.39 is 45.9 Å². The van der Waals surface area contributed by atoms with E-state index in [0.717, 1.165) is 5.56 Å². The molecule has 0 bridgehead atoms.